The van der Waals surface area contributed by atoms with E-state index in [0.29, 0.717) is 53.1 Å². The summed E-state index contributed by atoms with van der Waals surface area (Å²) in [5, 5.41) is 6.29. The Morgan fingerprint density at radius 3 is 2.88 bits per heavy atom. The molecule has 0 atom stereocenters. The number of alkyl halides is 1. The Bertz CT molecular complexity index is 1110. The number of imidazole rings is 1. The lowest BCUT2D eigenvalue weighted by molar-refractivity contribution is 0.143. The van der Waals surface area contributed by atoms with Crippen LogP contribution in [0.15, 0.2) is 28.4 Å². The number of amides is 1. The van der Waals surface area contributed by atoms with Crippen molar-refractivity contribution in [2.24, 2.45) is 15.7 Å². The fraction of sp³-hybridized carbons (Fsp3) is 0.478. The molecule has 1 amide bonds. The number of guanidine groups is 1. The minimum atomic E-state index is -1.50. The van der Waals surface area contributed by atoms with Gasteiger partial charge in [0.15, 0.2) is 5.84 Å². The van der Waals surface area contributed by atoms with Crippen LogP contribution in [0.25, 0.3) is 0 Å². The molecule has 0 saturated heterocycles. The van der Waals surface area contributed by atoms with E-state index in [1.54, 1.807) is 32.4 Å². The summed E-state index contributed by atoms with van der Waals surface area (Å²) in [7, 11) is 1.64. The summed E-state index contributed by atoms with van der Waals surface area (Å²) in [5.74, 6) is 0.799. The predicted molar refractivity (Wildman–Crippen MR) is 131 cm³/mol. The minimum Gasteiger partial charge on any atom is -0.450 e. The van der Waals surface area contributed by atoms with Gasteiger partial charge < -0.3 is 25.7 Å². The van der Waals surface area contributed by atoms with Gasteiger partial charge in [0.2, 0.25) is 5.96 Å². The number of nitrogens with zero attached hydrogens (tertiary/aromatic N) is 4. The average Bonchev–Trinajstić information content (AvgIpc) is 3.10. The second-order valence-electron chi connectivity index (χ2n) is 8.50. The standard InChI is InChI=1S/C23H31ClFN7O2/c1-14-15(17(24)8-7-16(14)23(2,3)25)11-29-22(33)34-10-6-5-9-32-13-30-19-18(32)12-28-21(27-4)31-20(19)26/h7-8,13H,5-6,9-12H2,1-4H3,(H,29,33)(H3,26,27,28,31). The van der Waals surface area contributed by atoms with Crippen molar-refractivity contribution in [1.29, 1.82) is 0 Å². The molecule has 11 heteroatoms. The van der Waals surface area contributed by atoms with Crippen LogP contribution in [0.3, 0.4) is 0 Å². The van der Waals surface area contributed by atoms with Crippen LogP contribution >= 0.6 is 11.6 Å². The number of aryl methyl sites for hydroxylation is 1. The summed E-state index contributed by atoms with van der Waals surface area (Å²) >= 11 is 6.27. The average molecular weight is 492 g/mol. The maximum absolute atomic E-state index is 14.4. The number of nitrogens with one attached hydrogen (secondary N) is 2. The van der Waals surface area contributed by atoms with Gasteiger partial charge >= 0.3 is 6.09 Å². The fourth-order valence-electron chi connectivity index (χ4n) is 3.84. The number of aromatic nitrogens is 2. The first-order valence-electron chi connectivity index (χ1n) is 11.1. The van der Waals surface area contributed by atoms with Crippen molar-refractivity contribution in [3.8, 4) is 0 Å². The van der Waals surface area contributed by atoms with Crippen molar-refractivity contribution >= 4 is 29.5 Å². The van der Waals surface area contributed by atoms with Crippen molar-refractivity contribution in [1.82, 2.24) is 20.2 Å². The van der Waals surface area contributed by atoms with E-state index < -0.39 is 11.8 Å². The normalized spacial score (nSPS) is 14.8. The largest absolute Gasteiger partial charge is 0.450 e. The van der Waals surface area contributed by atoms with E-state index in [1.807, 2.05) is 4.57 Å². The molecule has 0 radical (unpaired) electrons. The van der Waals surface area contributed by atoms with Gasteiger partial charge in [0.25, 0.3) is 0 Å². The number of carbonyl (C=O) groups is 1. The van der Waals surface area contributed by atoms with Crippen molar-refractivity contribution in [3.63, 3.8) is 0 Å². The van der Waals surface area contributed by atoms with Crippen molar-refractivity contribution < 1.29 is 13.9 Å². The molecule has 184 valence electrons. The summed E-state index contributed by atoms with van der Waals surface area (Å²) in [5.41, 5.74) is 8.04. The Morgan fingerprint density at radius 1 is 1.41 bits per heavy atom. The lowest BCUT2D eigenvalue weighted by Crippen LogP contribution is -2.25. The van der Waals surface area contributed by atoms with Gasteiger partial charge in [0.05, 0.1) is 25.2 Å². The summed E-state index contributed by atoms with van der Waals surface area (Å²) in [4.78, 5) is 24.7. The Hall–Kier alpha value is -3.14. The fourth-order valence-corrected chi connectivity index (χ4v) is 4.12. The number of carbonyl (C=O) groups excluding carboxylic acids is 1. The second kappa shape index (κ2) is 10.9. The number of halogens is 2. The number of aliphatic imine (C=N–C) groups is 2. The van der Waals surface area contributed by atoms with Crippen molar-refractivity contribution in [2.45, 2.75) is 58.9 Å². The third-order valence-electron chi connectivity index (χ3n) is 5.66. The highest BCUT2D eigenvalue weighted by Gasteiger charge is 2.23. The van der Waals surface area contributed by atoms with E-state index in [0.717, 1.165) is 17.7 Å². The first-order chi connectivity index (χ1) is 16.1. The zero-order valence-corrected chi connectivity index (χ0v) is 20.7. The number of fused-ring (bicyclic) bond motifs is 1. The quantitative estimate of drug-likeness (QED) is 0.488. The highest BCUT2D eigenvalue weighted by molar-refractivity contribution is 6.31. The molecule has 0 bridgehead atoms. The van der Waals surface area contributed by atoms with Gasteiger partial charge in [-0.2, -0.15) is 4.99 Å². The van der Waals surface area contributed by atoms with E-state index in [-0.39, 0.29) is 13.2 Å². The third-order valence-corrected chi connectivity index (χ3v) is 6.01. The molecule has 2 aromatic rings. The lowest BCUT2D eigenvalue weighted by Gasteiger charge is -2.21. The number of amidine groups is 1. The minimum absolute atomic E-state index is 0.160. The Morgan fingerprint density at radius 2 is 2.18 bits per heavy atom. The van der Waals surface area contributed by atoms with Gasteiger partial charge in [-0.25, -0.2) is 14.2 Å². The number of rotatable bonds is 8. The molecule has 1 aromatic carbocycles. The van der Waals surface area contributed by atoms with E-state index in [4.69, 9.17) is 22.1 Å². The number of ether oxygens (including phenoxy) is 1. The zero-order chi connectivity index (χ0) is 24.9. The first kappa shape index (κ1) is 25.5. The number of nitrogens with two attached hydrogens (primary N) is 1. The van der Waals surface area contributed by atoms with Crippen molar-refractivity contribution in [2.75, 3.05) is 13.7 Å². The van der Waals surface area contributed by atoms with Gasteiger partial charge in [-0.15, -0.1) is 0 Å². The first-order valence-corrected chi connectivity index (χ1v) is 11.5. The molecule has 2 heterocycles. The number of hydrogen-bond acceptors (Lipinski definition) is 5. The highest BCUT2D eigenvalue weighted by atomic mass is 35.5. The van der Waals surface area contributed by atoms with Gasteiger partial charge in [-0.3, -0.25) is 4.99 Å². The zero-order valence-electron chi connectivity index (χ0n) is 19.9. The molecule has 1 aromatic heterocycles. The van der Waals surface area contributed by atoms with Crippen LogP contribution in [0.4, 0.5) is 9.18 Å². The van der Waals surface area contributed by atoms with Gasteiger partial charge in [0.1, 0.15) is 11.4 Å². The summed E-state index contributed by atoms with van der Waals surface area (Å²) in [6, 6.07) is 3.32. The lowest BCUT2D eigenvalue weighted by atomic mass is 9.92. The molecule has 0 unspecified atom stereocenters. The number of unbranched alkanes of at least 4 members (excludes halogenated alkanes) is 1. The molecule has 34 heavy (non-hydrogen) atoms. The van der Waals surface area contributed by atoms with Crippen LogP contribution in [0.1, 0.15) is 54.8 Å². The van der Waals surface area contributed by atoms with E-state index >= 15 is 0 Å². The summed E-state index contributed by atoms with van der Waals surface area (Å²) in [6.07, 6.45) is 2.64. The van der Waals surface area contributed by atoms with Gasteiger partial charge in [-0.1, -0.05) is 17.7 Å². The van der Waals surface area contributed by atoms with E-state index in [1.165, 1.54) is 13.8 Å². The monoisotopic (exact) mass is 491 g/mol. The molecular weight excluding hydrogens is 461 g/mol. The molecule has 9 nitrogen and oxygen atoms in total. The van der Waals surface area contributed by atoms with Crippen LogP contribution in [0.2, 0.25) is 5.02 Å². The number of alkyl carbamates (subject to hydrolysis) is 1. The maximum Gasteiger partial charge on any atom is 0.407 e. The molecule has 3 rings (SSSR count). The number of hydrogen-bond donors (Lipinski definition) is 3. The molecule has 0 spiro atoms. The third kappa shape index (κ3) is 6.05. The molecule has 1 aliphatic rings. The molecule has 0 aliphatic carbocycles. The Balaban J connectivity index is 1.45. The van der Waals surface area contributed by atoms with E-state index in [9.17, 15) is 9.18 Å². The Labute approximate surface area is 203 Å². The Kier molecular flexibility index (Phi) is 8.14. The van der Waals surface area contributed by atoms with Crippen LogP contribution in [0, 0.1) is 6.92 Å². The number of benzene rings is 1. The SMILES string of the molecule is CN=C1N=C(N)c2ncn(CCCCOC(=O)NCc3c(Cl)ccc(C(C)(C)F)c3C)c2CN1. The van der Waals surface area contributed by atoms with Crippen LogP contribution in [0.5, 0.6) is 0 Å². The van der Waals surface area contributed by atoms with Crippen LogP contribution < -0.4 is 16.4 Å². The topological polar surface area (TPSA) is 119 Å². The molecule has 1 aliphatic heterocycles. The van der Waals surface area contributed by atoms with Gasteiger partial charge in [0, 0.05) is 25.2 Å². The van der Waals surface area contributed by atoms with E-state index in [2.05, 4.69) is 25.6 Å². The molecule has 4 N–H and O–H groups in total. The van der Waals surface area contributed by atoms with Gasteiger partial charge in [-0.05, 0) is 56.4 Å². The summed E-state index contributed by atoms with van der Waals surface area (Å²) < 4.78 is 21.7. The molecular formula is C23H31ClFN7O2. The van der Waals surface area contributed by atoms with Crippen LogP contribution in [-0.4, -0.2) is 41.1 Å². The summed E-state index contributed by atoms with van der Waals surface area (Å²) in [6.45, 7) is 6.42. The molecule has 0 fully saturated rings. The van der Waals surface area contributed by atoms with Crippen molar-refractivity contribution in [3.05, 3.63) is 51.6 Å². The maximum atomic E-state index is 14.4. The highest BCUT2D eigenvalue weighted by Crippen LogP contribution is 2.32. The van der Waals surface area contributed by atoms with Crippen LogP contribution in [-0.2, 0) is 30.0 Å². The smallest absolute Gasteiger partial charge is 0.407 e. The predicted octanol–water partition coefficient (Wildman–Crippen LogP) is 3.55. The molecule has 0 saturated carbocycles. The second-order valence-corrected chi connectivity index (χ2v) is 8.91.